The minimum absolute atomic E-state index is 0.739. The van der Waals surface area contributed by atoms with Crippen LogP contribution in [-0.2, 0) is 0 Å². The largest absolute Gasteiger partial charge is 0.497 e. The predicted molar refractivity (Wildman–Crippen MR) is 70.6 cm³/mol. The zero-order chi connectivity index (χ0) is 11.8. The highest BCUT2D eigenvalue weighted by atomic mass is 32.1. The maximum absolute atomic E-state index is 9.09. The number of ether oxygens (including phenoxy) is 1. The lowest BCUT2D eigenvalue weighted by molar-refractivity contribution is 0.415. The number of benzene rings is 2. The van der Waals surface area contributed by atoms with Gasteiger partial charge in [0.05, 0.1) is 17.4 Å². The van der Waals surface area contributed by atoms with Crippen molar-refractivity contribution in [1.29, 1.82) is 5.26 Å². The van der Waals surface area contributed by atoms with Crippen molar-refractivity contribution in [3.8, 4) is 11.8 Å². The van der Waals surface area contributed by atoms with E-state index in [9.17, 15) is 0 Å². The highest BCUT2D eigenvalue weighted by Crippen LogP contribution is 2.37. The van der Waals surface area contributed by atoms with Crippen LogP contribution in [0.1, 0.15) is 5.56 Å². The van der Waals surface area contributed by atoms with Gasteiger partial charge in [-0.05, 0) is 24.3 Å². The monoisotopic (exact) mass is 239 g/mol. The molecule has 1 heterocycles. The quantitative estimate of drug-likeness (QED) is 0.644. The minimum atomic E-state index is 0.739. The summed E-state index contributed by atoms with van der Waals surface area (Å²) in [4.78, 5) is 0. The summed E-state index contributed by atoms with van der Waals surface area (Å²) in [7, 11) is 1.66. The molecule has 0 aliphatic rings. The molecule has 0 saturated heterocycles. The fourth-order valence-electron chi connectivity index (χ4n) is 1.99. The molecule has 0 unspecified atom stereocenters. The highest BCUT2D eigenvalue weighted by Gasteiger charge is 2.08. The van der Waals surface area contributed by atoms with Gasteiger partial charge >= 0.3 is 0 Å². The van der Waals surface area contributed by atoms with Crippen LogP contribution in [0.4, 0.5) is 0 Å². The average Bonchev–Trinajstić information content (AvgIpc) is 2.76. The van der Waals surface area contributed by atoms with Crippen molar-refractivity contribution < 1.29 is 4.74 Å². The van der Waals surface area contributed by atoms with Crippen LogP contribution in [0.25, 0.3) is 20.2 Å². The Bertz CT molecular complexity index is 752. The molecular weight excluding hydrogens is 230 g/mol. The number of fused-ring (bicyclic) bond motifs is 3. The van der Waals surface area contributed by atoms with Crippen molar-refractivity contribution in [3.05, 3.63) is 42.0 Å². The molecule has 0 fully saturated rings. The molecule has 0 bridgehead atoms. The van der Waals surface area contributed by atoms with Crippen LogP contribution in [0.3, 0.4) is 0 Å². The van der Waals surface area contributed by atoms with Gasteiger partial charge in [0.2, 0.25) is 0 Å². The number of rotatable bonds is 1. The Morgan fingerprint density at radius 1 is 1.18 bits per heavy atom. The Morgan fingerprint density at radius 3 is 2.82 bits per heavy atom. The van der Waals surface area contributed by atoms with Crippen molar-refractivity contribution >= 4 is 31.5 Å². The number of thiophene rings is 1. The third-order valence-corrected chi connectivity index (χ3v) is 4.04. The average molecular weight is 239 g/mol. The molecule has 0 N–H and O–H groups in total. The summed E-state index contributed by atoms with van der Waals surface area (Å²) in [6.45, 7) is 0. The molecule has 0 atom stereocenters. The van der Waals surface area contributed by atoms with E-state index in [4.69, 9.17) is 10.00 Å². The molecule has 17 heavy (non-hydrogen) atoms. The van der Waals surface area contributed by atoms with E-state index in [0.29, 0.717) is 0 Å². The summed E-state index contributed by atoms with van der Waals surface area (Å²) in [6.07, 6.45) is 0. The maximum atomic E-state index is 9.09. The van der Waals surface area contributed by atoms with Gasteiger partial charge in [0, 0.05) is 15.5 Å². The summed E-state index contributed by atoms with van der Waals surface area (Å²) < 4.78 is 7.47. The summed E-state index contributed by atoms with van der Waals surface area (Å²) in [5, 5.41) is 11.4. The molecule has 0 radical (unpaired) electrons. The normalized spacial score (nSPS) is 10.6. The van der Waals surface area contributed by atoms with Crippen molar-refractivity contribution in [2.24, 2.45) is 0 Å². The van der Waals surface area contributed by atoms with Crippen LogP contribution in [-0.4, -0.2) is 7.11 Å². The molecule has 0 amide bonds. The fourth-order valence-corrected chi connectivity index (χ4v) is 3.14. The third kappa shape index (κ3) is 1.46. The third-order valence-electron chi connectivity index (χ3n) is 2.82. The fraction of sp³-hybridized carbons (Fsp3) is 0.0714. The van der Waals surface area contributed by atoms with Crippen LogP contribution < -0.4 is 4.74 Å². The van der Waals surface area contributed by atoms with Crippen molar-refractivity contribution in [2.45, 2.75) is 0 Å². The SMILES string of the molecule is COc1ccc2sc3c(C#N)cccc3c2c1. The lowest BCUT2D eigenvalue weighted by Gasteiger charge is -1.98. The summed E-state index contributed by atoms with van der Waals surface area (Å²) >= 11 is 1.65. The molecule has 82 valence electrons. The second kappa shape index (κ2) is 3.76. The molecule has 3 aromatic rings. The summed E-state index contributed by atoms with van der Waals surface area (Å²) in [5.74, 6) is 0.847. The zero-order valence-electron chi connectivity index (χ0n) is 9.23. The first kappa shape index (κ1) is 10.1. The molecule has 2 aromatic carbocycles. The van der Waals surface area contributed by atoms with Crippen molar-refractivity contribution in [1.82, 2.24) is 0 Å². The van der Waals surface area contributed by atoms with Crippen LogP contribution >= 0.6 is 11.3 Å². The van der Waals surface area contributed by atoms with Gasteiger partial charge in [-0.25, -0.2) is 0 Å². The van der Waals surface area contributed by atoms with Gasteiger partial charge in [-0.3, -0.25) is 0 Å². The van der Waals surface area contributed by atoms with Gasteiger partial charge < -0.3 is 4.74 Å². The number of hydrogen-bond donors (Lipinski definition) is 0. The van der Waals surface area contributed by atoms with Crippen molar-refractivity contribution in [2.75, 3.05) is 7.11 Å². The van der Waals surface area contributed by atoms with Crippen LogP contribution in [0.15, 0.2) is 36.4 Å². The van der Waals surface area contributed by atoms with E-state index >= 15 is 0 Å². The smallest absolute Gasteiger partial charge is 0.119 e. The van der Waals surface area contributed by atoms with E-state index in [-0.39, 0.29) is 0 Å². The van der Waals surface area contributed by atoms with Gasteiger partial charge in [0.15, 0.2) is 0 Å². The number of methoxy groups -OCH3 is 1. The molecule has 0 aliphatic heterocycles. The Hall–Kier alpha value is -2.05. The first-order valence-corrected chi connectivity index (χ1v) is 6.04. The van der Waals surface area contributed by atoms with Crippen LogP contribution in [0.5, 0.6) is 5.75 Å². The van der Waals surface area contributed by atoms with Gasteiger partial charge in [0.25, 0.3) is 0 Å². The zero-order valence-corrected chi connectivity index (χ0v) is 10.0. The topological polar surface area (TPSA) is 33.0 Å². The van der Waals surface area contributed by atoms with E-state index in [2.05, 4.69) is 12.1 Å². The van der Waals surface area contributed by atoms with Crippen molar-refractivity contribution in [3.63, 3.8) is 0 Å². The molecule has 1 aromatic heterocycles. The first-order chi connectivity index (χ1) is 8.33. The second-order valence-corrected chi connectivity index (χ2v) is 4.81. The molecule has 0 aliphatic carbocycles. The van der Waals surface area contributed by atoms with E-state index in [1.807, 2.05) is 30.3 Å². The van der Waals surface area contributed by atoms with Gasteiger partial charge in [-0.1, -0.05) is 12.1 Å². The van der Waals surface area contributed by atoms with Crippen LogP contribution in [0.2, 0.25) is 0 Å². The standard InChI is InChI=1S/C14H9NOS/c1-16-10-5-6-13-12(7-10)11-4-2-3-9(8-15)14(11)17-13/h2-7H,1H3. The van der Waals surface area contributed by atoms with E-state index in [0.717, 1.165) is 26.8 Å². The van der Waals surface area contributed by atoms with E-state index < -0.39 is 0 Å². The molecule has 2 nitrogen and oxygen atoms in total. The highest BCUT2D eigenvalue weighted by molar-refractivity contribution is 7.26. The Labute approximate surface area is 103 Å². The number of nitriles is 1. The Morgan fingerprint density at radius 2 is 2.06 bits per heavy atom. The molecule has 3 heteroatoms. The molecule has 0 saturated carbocycles. The molecule has 3 rings (SSSR count). The van der Waals surface area contributed by atoms with Crippen LogP contribution in [0, 0.1) is 11.3 Å². The van der Waals surface area contributed by atoms with Gasteiger partial charge in [0.1, 0.15) is 11.8 Å². The number of hydrogen-bond acceptors (Lipinski definition) is 3. The van der Waals surface area contributed by atoms with Gasteiger partial charge in [-0.15, -0.1) is 11.3 Å². The maximum Gasteiger partial charge on any atom is 0.119 e. The second-order valence-electron chi connectivity index (χ2n) is 3.76. The lowest BCUT2D eigenvalue weighted by atomic mass is 10.1. The molecular formula is C14H9NOS. The summed E-state index contributed by atoms with van der Waals surface area (Å²) in [6, 6.07) is 14.1. The lowest BCUT2D eigenvalue weighted by Crippen LogP contribution is -1.80. The minimum Gasteiger partial charge on any atom is -0.497 e. The Kier molecular flexibility index (Phi) is 2.24. The first-order valence-electron chi connectivity index (χ1n) is 5.23. The number of nitrogens with zero attached hydrogens (tertiary/aromatic N) is 1. The van der Waals surface area contributed by atoms with E-state index in [1.165, 1.54) is 4.70 Å². The summed E-state index contributed by atoms with van der Waals surface area (Å²) in [5.41, 5.74) is 0.739. The van der Waals surface area contributed by atoms with Gasteiger partial charge in [-0.2, -0.15) is 5.26 Å². The molecule has 0 spiro atoms. The predicted octanol–water partition coefficient (Wildman–Crippen LogP) is 3.93. The Balaban J connectivity index is 2.47. The van der Waals surface area contributed by atoms with E-state index in [1.54, 1.807) is 18.4 Å².